The molecule has 0 bridgehead atoms. The van der Waals surface area contributed by atoms with Crippen molar-refractivity contribution in [2.75, 3.05) is 0 Å². The van der Waals surface area contributed by atoms with Crippen LogP contribution in [-0.4, -0.2) is 25.8 Å². The fourth-order valence-electron chi connectivity index (χ4n) is 3.90. The van der Waals surface area contributed by atoms with E-state index in [4.69, 9.17) is 12.2 Å². The predicted octanol–water partition coefficient (Wildman–Crippen LogP) is 5.26. The second kappa shape index (κ2) is 9.53. The van der Waals surface area contributed by atoms with E-state index in [0.717, 1.165) is 11.4 Å². The summed E-state index contributed by atoms with van der Waals surface area (Å²) in [6.07, 6.45) is 1.24. The molecule has 4 rings (SSSR count). The van der Waals surface area contributed by atoms with Gasteiger partial charge in [0.15, 0.2) is 4.77 Å². The highest BCUT2D eigenvalue weighted by Crippen LogP contribution is 2.28. The summed E-state index contributed by atoms with van der Waals surface area (Å²) >= 11 is 5.49. The van der Waals surface area contributed by atoms with Gasteiger partial charge in [-0.3, -0.25) is 5.10 Å². The number of carboxylic acids is 1. The van der Waals surface area contributed by atoms with Gasteiger partial charge in [0.05, 0.1) is 5.56 Å². The Hall–Kier alpha value is -3.51. The minimum atomic E-state index is -0.917. The number of nitrogens with zero attached hydrogens (tertiary/aromatic N) is 2. The van der Waals surface area contributed by atoms with Crippen molar-refractivity contribution in [1.29, 1.82) is 0 Å². The molecule has 0 aliphatic rings. The molecular formula is C25H23N3O2S. The van der Waals surface area contributed by atoms with Crippen LogP contribution in [0.1, 0.15) is 38.8 Å². The van der Waals surface area contributed by atoms with Gasteiger partial charge in [-0.25, -0.2) is 4.79 Å². The summed E-state index contributed by atoms with van der Waals surface area (Å²) in [5.74, 6) is 0.0769. The van der Waals surface area contributed by atoms with Gasteiger partial charge in [-0.2, -0.15) is 5.10 Å². The largest absolute Gasteiger partial charge is 0.478 e. The molecule has 0 saturated heterocycles. The minimum absolute atomic E-state index is 0.137. The molecule has 0 fully saturated rings. The van der Waals surface area contributed by atoms with Gasteiger partial charge in [-0.15, -0.1) is 0 Å². The van der Waals surface area contributed by atoms with Crippen molar-refractivity contribution in [2.24, 2.45) is 0 Å². The van der Waals surface area contributed by atoms with Gasteiger partial charge in [-0.1, -0.05) is 78.9 Å². The average Bonchev–Trinajstić information content (AvgIpc) is 3.16. The van der Waals surface area contributed by atoms with E-state index < -0.39 is 5.97 Å². The summed E-state index contributed by atoms with van der Waals surface area (Å²) in [5.41, 5.74) is 3.54. The van der Waals surface area contributed by atoms with Crippen LogP contribution in [0.15, 0.2) is 84.9 Å². The number of H-pyrrole nitrogens is 1. The smallest absolute Gasteiger partial charge is 0.335 e. The quantitative estimate of drug-likeness (QED) is 0.375. The maximum atomic E-state index is 11.5. The zero-order chi connectivity index (χ0) is 21.6. The summed E-state index contributed by atoms with van der Waals surface area (Å²) in [7, 11) is 0. The summed E-state index contributed by atoms with van der Waals surface area (Å²) < 4.78 is 2.52. The highest BCUT2D eigenvalue weighted by Gasteiger charge is 2.19. The molecule has 1 heterocycles. The number of rotatable bonds is 8. The lowest BCUT2D eigenvalue weighted by molar-refractivity contribution is 0.0695. The zero-order valence-electron chi connectivity index (χ0n) is 16.9. The number of aryl methyl sites for hydroxylation is 1. The van der Waals surface area contributed by atoms with E-state index in [-0.39, 0.29) is 5.92 Å². The molecule has 0 aliphatic carbocycles. The Kier molecular flexibility index (Phi) is 6.38. The van der Waals surface area contributed by atoms with Crippen molar-refractivity contribution in [1.82, 2.24) is 14.8 Å². The summed E-state index contributed by atoms with van der Waals surface area (Å²) in [5, 5.41) is 16.9. The number of aromatic amines is 1. The van der Waals surface area contributed by atoms with Crippen molar-refractivity contribution in [2.45, 2.75) is 25.3 Å². The molecule has 6 heteroatoms. The van der Waals surface area contributed by atoms with Gasteiger partial charge >= 0.3 is 5.97 Å². The summed E-state index contributed by atoms with van der Waals surface area (Å²) in [6, 6.07) is 27.8. The number of aromatic carboxylic acids is 1. The molecule has 31 heavy (non-hydrogen) atoms. The molecule has 0 atom stereocenters. The third-order valence-corrected chi connectivity index (χ3v) is 5.79. The number of aromatic nitrogens is 3. The third kappa shape index (κ3) is 4.81. The highest BCUT2D eigenvalue weighted by atomic mass is 32.1. The standard InChI is InChI=1S/C25H23N3O2S/c29-24(30)21-14-8-7-13-20(21)15-16-28-23(26-27-25(28)31)17-22(18-9-3-1-4-10-18)19-11-5-2-6-12-19/h1-14,22H,15-17H2,(H,27,31)(H,29,30). The molecule has 156 valence electrons. The molecule has 0 amide bonds. The number of hydrogen-bond acceptors (Lipinski definition) is 3. The maximum absolute atomic E-state index is 11.5. The van der Waals surface area contributed by atoms with E-state index in [1.54, 1.807) is 12.1 Å². The molecule has 2 N–H and O–H groups in total. The molecule has 0 aliphatic heterocycles. The first kappa shape index (κ1) is 20.8. The normalized spacial score (nSPS) is 11.0. The molecule has 0 unspecified atom stereocenters. The molecule has 0 saturated carbocycles. The molecule has 4 aromatic rings. The van der Waals surface area contributed by atoms with Crippen LogP contribution in [-0.2, 0) is 19.4 Å². The van der Waals surface area contributed by atoms with Crippen molar-refractivity contribution in [3.8, 4) is 0 Å². The Balaban J connectivity index is 1.62. The second-order valence-electron chi connectivity index (χ2n) is 7.39. The van der Waals surface area contributed by atoms with Crippen molar-refractivity contribution < 1.29 is 9.90 Å². The topological polar surface area (TPSA) is 70.9 Å². The van der Waals surface area contributed by atoms with Gasteiger partial charge in [-0.05, 0) is 41.4 Å². The van der Waals surface area contributed by atoms with Crippen LogP contribution in [0.25, 0.3) is 0 Å². The number of carbonyl (C=O) groups is 1. The fourth-order valence-corrected chi connectivity index (χ4v) is 4.14. The lowest BCUT2D eigenvalue weighted by Gasteiger charge is -2.18. The van der Waals surface area contributed by atoms with E-state index >= 15 is 0 Å². The first-order chi connectivity index (χ1) is 15.1. The predicted molar refractivity (Wildman–Crippen MR) is 123 cm³/mol. The Labute approximate surface area is 186 Å². The van der Waals surface area contributed by atoms with E-state index in [9.17, 15) is 9.90 Å². The minimum Gasteiger partial charge on any atom is -0.478 e. The Bertz CT molecular complexity index is 1180. The van der Waals surface area contributed by atoms with Crippen molar-refractivity contribution >= 4 is 18.2 Å². The maximum Gasteiger partial charge on any atom is 0.335 e. The molecule has 1 aromatic heterocycles. The average molecular weight is 430 g/mol. The van der Waals surface area contributed by atoms with Crippen LogP contribution in [0.5, 0.6) is 0 Å². The number of hydrogen-bond donors (Lipinski definition) is 2. The van der Waals surface area contributed by atoms with Gasteiger partial charge in [0.1, 0.15) is 5.82 Å². The van der Waals surface area contributed by atoms with Crippen molar-refractivity contribution in [3.63, 3.8) is 0 Å². The summed E-state index contributed by atoms with van der Waals surface area (Å²) in [6.45, 7) is 0.561. The van der Waals surface area contributed by atoms with Gasteiger partial charge in [0.2, 0.25) is 0 Å². The molecular weight excluding hydrogens is 406 g/mol. The Morgan fingerprint density at radius 1 is 0.935 bits per heavy atom. The van der Waals surface area contributed by atoms with Crippen LogP contribution < -0.4 is 0 Å². The monoisotopic (exact) mass is 429 g/mol. The SMILES string of the molecule is O=C(O)c1ccccc1CCn1c(CC(c2ccccc2)c2ccccc2)n[nH]c1=S. The van der Waals surface area contributed by atoms with Crippen LogP contribution in [0, 0.1) is 4.77 Å². The lowest BCUT2D eigenvalue weighted by Crippen LogP contribution is -2.13. The first-order valence-corrected chi connectivity index (χ1v) is 10.6. The number of benzene rings is 3. The fraction of sp³-hybridized carbons (Fsp3) is 0.160. The van der Waals surface area contributed by atoms with Crippen molar-refractivity contribution in [3.05, 3.63) is 118 Å². The highest BCUT2D eigenvalue weighted by molar-refractivity contribution is 7.71. The van der Waals surface area contributed by atoms with Crippen LogP contribution in [0.4, 0.5) is 0 Å². The Morgan fingerprint density at radius 2 is 1.52 bits per heavy atom. The summed E-state index contributed by atoms with van der Waals surface area (Å²) in [4.78, 5) is 11.5. The zero-order valence-corrected chi connectivity index (χ0v) is 17.8. The van der Waals surface area contributed by atoms with E-state index in [2.05, 4.69) is 34.5 Å². The molecule has 5 nitrogen and oxygen atoms in total. The lowest BCUT2D eigenvalue weighted by atomic mass is 9.88. The second-order valence-corrected chi connectivity index (χ2v) is 7.77. The van der Waals surface area contributed by atoms with E-state index in [1.807, 2.05) is 53.1 Å². The first-order valence-electron chi connectivity index (χ1n) is 10.2. The third-order valence-electron chi connectivity index (χ3n) is 5.48. The van der Waals surface area contributed by atoms with Crippen LogP contribution in [0.3, 0.4) is 0 Å². The number of carboxylic acid groups (broad SMARTS) is 1. The van der Waals surface area contributed by atoms with E-state index in [0.29, 0.717) is 29.7 Å². The van der Waals surface area contributed by atoms with Gasteiger partial charge in [0.25, 0.3) is 0 Å². The van der Waals surface area contributed by atoms with Crippen LogP contribution in [0.2, 0.25) is 0 Å². The van der Waals surface area contributed by atoms with Gasteiger partial charge < -0.3 is 9.67 Å². The molecule has 0 radical (unpaired) electrons. The van der Waals surface area contributed by atoms with Gasteiger partial charge in [0, 0.05) is 18.9 Å². The van der Waals surface area contributed by atoms with Crippen LogP contribution >= 0.6 is 12.2 Å². The Morgan fingerprint density at radius 3 is 2.13 bits per heavy atom. The van der Waals surface area contributed by atoms with E-state index in [1.165, 1.54) is 11.1 Å². The molecule has 0 spiro atoms. The number of nitrogens with one attached hydrogen (secondary N) is 1. The molecule has 3 aromatic carbocycles.